The van der Waals surface area contributed by atoms with Gasteiger partial charge in [0.15, 0.2) is 0 Å². The molecule has 0 radical (unpaired) electrons. The first-order chi connectivity index (χ1) is 11.1. The largest absolute Gasteiger partial charge is 0.338 e. The summed E-state index contributed by atoms with van der Waals surface area (Å²) in [5, 5.41) is 8.18. The van der Waals surface area contributed by atoms with Crippen LogP contribution in [0.15, 0.2) is 24.5 Å². The number of piperidine rings is 1. The molecule has 122 valence electrons. The van der Waals surface area contributed by atoms with E-state index in [0.29, 0.717) is 6.04 Å². The maximum Gasteiger partial charge on any atom is 0.253 e. The number of amides is 1. The maximum atomic E-state index is 12.7. The van der Waals surface area contributed by atoms with Crippen molar-refractivity contribution in [1.29, 1.82) is 0 Å². The van der Waals surface area contributed by atoms with Gasteiger partial charge < -0.3 is 9.47 Å². The van der Waals surface area contributed by atoms with Crippen LogP contribution in [0.4, 0.5) is 0 Å². The van der Waals surface area contributed by atoms with E-state index in [4.69, 9.17) is 0 Å². The fourth-order valence-corrected chi connectivity index (χ4v) is 3.23. The molecule has 0 spiro atoms. The minimum Gasteiger partial charge on any atom is -0.338 e. The molecule has 2 aromatic rings. The first-order valence-electron chi connectivity index (χ1n) is 8.35. The second kappa shape index (κ2) is 6.52. The smallest absolute Gasteiger partial charge is 0.253 e. The number of carbonyl (C=O) groups excluding carboxylic acids is 1. The van der Waals surface area contributed by atoms with Crippen LogP contribution in [0.2, 0.25) is 0 Å². The van der Waals surface area contributed by atoms with Gasteiger partial charge in [-0.3, -0.25) is 4.79 Å². The predicted octanol–water partition coefficient (Wildman–Crippen LogP) is 2.93. The molecular weight excluding hydrogens is 288 g/mol. The maximum absolute atomic E-state index is 12.7. The molecule has 1 amide bonds. The Kier molecular flexibility index (Phi) is 4.46. The van der Waals surface area contributed by atoms with E-state index in [-0.39, 0.29) is 5.91 Å². The highest BCUT2D eigenvalue weighted by molar-refractivity contribution is 5.94. The van der Waals surface area contributed by atoms with Crippen LogP contribution in [0, 0.1) is 13.8 Å². The molecule has 1 fully saturated rings. The average molecular weight is 312 g/mol. The van der Waals surface area contributed by atoms with Gasteiger partial charge in [0.1, 0.15) is 12.2 Å². The van der Waals surface area contributed by atoms with Crippen LogP contribution in [-0.2, 0) is 6.42 Å². The third-order valence-corrected chi connectivity index (χ3v) is 4.86. The minimum atomic E-state index is 0.144. The lowest BCUT2D eigenvalue weighted by atomic mass is 10.0. The molecule has 1 aliphatic heterocycles. The van der Waals surface area contributed by atoms with E-state index in [2.05, 4.69) is 35.5 Å². The molecule has 0 atom stereocenters. The van der Waals surface area contributed by atoms with Gasteiger partial charge in [-0.25, -0.2) is 0 Å². The van der Waals surface area contributed by atoms with Crippen molar-refractivity contribution in [3.8, 4) is 0 Å². The molecule has 0 N–H and O–H groups in total. The highest BCUT2D eigenvalue weighted by Gasteiger charge is 2.25. The fourth-order valence-electron chi connectivity index (χ4n) is 3.23. The van der Waals surface area contributed by atoms with Crippen molar-refractivity contribution in [2.24, 2.45) is 0 Å². The normalized spacial score (nSPS) is 15.9. The monoisotopic (exact) mass is 312 g/mol. The van der Waals surface area contributed by atoms with E-state index in [1.807, 2.05) is 29.4 Å². The summed E-state index contributed by atoms with van der Waals surface area (Å²) in [4.78, 5) is 14.6. The highest BCUT2D eigenvalue weighted by Crippen LogP contribution is 2.25. The van der Waals surface area contributed by atoms with Gasteiger partial charge in [-0.05, 0) is 49.9 Å². The van der Waals surface area contributed by atoms with Gasteiger partial charge in [-0.15, -0.1) is 10.2 Å². The Morgan fingerprint density at radius 3 is 2.61 bits per heavy atom. The predicted molar refractivity (Wildman–Crippen MR) is 89.5 cm³/mol. The zero-order valence-corrected chi connectivity index (χ0v) is 14.1. The first-order valence-corrected chi connectivity index (χ1v) is 8.35. The summed E-state index contributed by atoms with van der Waals surface area (Å²) >= 11 is 0. The van der Waals surface area contributed by atoms with Gasteiger partial charge in [-0.1, -0.05) is 13.0 Å². The van der Waals surface area contributed by atoms with Gasteiger partial charge in [0.25, 0.3) is 5.91 Å². The van der Waals surface area contributed by atoms with Crippen molar-refractivity contribution in [2.45, 2.75) is 46.1 Å². The Bertz CT molecular complexity index is 699. The Labute approximate surface area is 137 Å². The molecule has 1 aromatic carbocycles. The highest BCUT2D eigenvalue weighted by atomic mass is 16.2. The fraction of sp³-hybridized carbons (Fsp3) is 0.500. The number of aromatic nitrogens is 3. The van der Waals surface area contributed by atoms with E-state index in [1.165, 1.54) is 11.1 Å². The van der Waals surface area contributed by atoms with Crippen LogP contribution >= 0.6 is 0 Å². The van der Waals surface area contributed by atoms with Crippen LogP contribution in [0.3, 0.4) is 0 Å². The van der Waals surface area contributed by atoms with Gasteiger partial charge in [0.2, 0.25) is 0 Å². The molecule has 2 heterocycles. The van der Waals surface area contributed by atoms with Crippen molar-refractivity contribution in [1.82, 2.24) is 19.7 Å². The van der Waals surface area contributed by atoms with E-state index >= 15 is 0 Å². The number of hydrogen-bond acceptors (Lipinski definition) is 3. The molecule has 5 nitrogen and oxygen atoms in total. The summed E-state index contributed by atoms with van der Waals surface area (Å²) in [6.45, 7) is 7.80. The van der Waals surface area contributed by atoms with E-state index in [0.717, 1.165) is 43.7 Å². The van der Waals surface area contributed by atoms with Gasteiger partial charge in [0.05, 0.1) is 0 Å². The number of nitrogens with zero attached hydrogens (tertiary/aromatic N) is 4. The summed E-state index contributed by atoms with van der Waals surface area (Å²) in [6.07, 6.45) is 4.63. The Hall–Kier alpha value is -2.17. The van der Waals surface area contributed by atoms with E-state index in [1.54, 1.807) is 0 Å². The lowest BCUT2D eigenvalue weighted by Crippen LogP contribution is -2.39. The standard InChI is InChI=1S/C18H24N4O/c1-4-17-20-19-12-22(17)16-7-9-21(10-8-16)18(23)15-6-5-13(2)14(3)11-15/h5-6,11-12,16H,4,7-10H2,1-3H3. The molecule has 0 saturated carbocycles. The van der Waals surface area contributed by atoms with Crippen molar-refractivity contribution >= 4 is 5.91 Å². The molecule has 1 aromatic heterocycles. The zero-order chi connectivity index (χ0) is 16.4. The van der Waals surface area contributed by atoms with Crippen LogP contribution < -0.4 is 0 Å². The van der Waals surface area contributed by atoms with E-state index < -0.39 is 0 Å². The SMILES string of the molecule is CCc1nncn1C1CCN(C(=O)c2ccc(C)c(C)c2)CC1. The summed E-state index contributed by atoms with van der Waals surface area (Å²) in [5.41, 5.74) is 3.19. The topological polar surface area (TPSA) is 51.0 Å². The molecule has 0 unspecified atom stereocenters. The summed E-state index contributed by atoms with van der Waals surface area (Å²) in [5.74, 6) is 1.18. The molecule has 0 aliphatic carbocycles. The number of hydrogen-bond donors (Lipinski definition) is 0. The molecule has 5 heteroatoms. The van der Waals surface area contributed by atoms with Crippen molar-refractivity contribution in [2.75, 3.05) is 13.1 Å². The summed E-state index contributed by atoms with van der Waals surface area (Å²) in [6, 6.07) is 6.37. The number of carbonyl (C=O) groups is 1. The third-order valence-electron chi connectivity index (χ3n) is 4.86. The van der Waals surface area contributed by atoms with E-state index in [9.17, 15) is 4.79 Å². The zero-order valence-electron chi connectivity index (χ0n) is 14.1. The lowest BCUT2D eigenvalue weighted by molar-refractivity contribution is 0.0693. The van der Waals surface area contributed by atoms with Gasteiger partial charge >= 0.3 is 0 Å². The van der Waals surface area contributed by atoms with Crippen molar-refractivity contribution < 1.29 is 4.79 Å². The molecule has 23 heavy (non-hydrogen) atoms. The van der Waals surface area contributed by atoms with Crippen molar-refractivity contribution in [3.63, 3.8) is 0 Å². The minimum absolute atomic E-state index is 0.144. The molecule has 1 aliphatic rings. The summed E-state index contributed by atoms with van der Waals surface area (Å²) in [7, 11) is 0. The summed E-state index contributed by atoms with van der Waals surface area (Å²) < 4.78 is 2.18. The first kappa shape index (κ1) is 15.7. The number of benzene rings is 1. The third kappa shape index (κ3) is 3.14. The average Bonchev–Trinajstić information content (AvgIpc) is 3.05. The number of likely N-dealkylation sites (tertiary alicyclic amines) is 1. The number of rotatable bonds is 3. The quantitative estimate of drug-likeness (QED) is 0.875. The van der Waals surface area contributed by atoms with Crippen LogP contribution in [-0.4, -0.2) is 38.7 Å². The van der Waals surface area contributed by atoms with Gasteiger partial charge in [-0.2, -0.15) is 0 Å². The Morgan fingerprint density at radius 2 is 1.96 bits per heavy atom. The van der Waals surface area contributed by atoms with Gasteiger partial charge in [0, 0.05) is 31.1 Å². The molecule has 1 saturated heterocycles. The Morgan fingerprint density at radius 1 is 1.22 bits per heavy atom. The number of aryl methyl sites for hydroxylation is 3. The molecule has 0 bridgehead atoms. The van der Waals surface area contributed by atoms with Crippen LogP contribution in [0.5, 0.6) is 0 Å². The lowest BCUT2D eigenvalue weighted by Gasteiger charge is -2.33. The molecule has 3 rings (SSSR count). The van der Waals surface area contributed by atoms with Crippen molar-refractivity contribution in [3.05, 3.63) is 47.0 Å². The second-order valence-electron chi connectivity index (χ2n) is 6.33. The molecular formula is C18H24N4O. The Balaban J connectivity index is 1.66. The van der Waals surface area contributed by atoms with Crippen LogP contribution in [0.1, 0.15) is 53.1 Å². The van der Waals surface area contributed by atoms with Crippen LogP contribution in [0.25, 0.3) is 0 Å². The second-order valence-corrected chi connectivity index (χ2v) is 6.33.